The number of fused-ring (bicyclic) bond motifs is 4. The van der Waals surface area contributed by atoms with E-state index >= 15 is 0 Å². The van der Waals surface area contributed by atoms with Crippen LogP contribution in [0.25, 0.3) is 72.4 Å². The molecule has 0 aliphatic rings. The minimum atomic E-state index is -2.24. The molecule has 0 atom stereocenters. The molecule has 0 aliphatic heterocycles. The third-order valence-corrected chi connectivity index (χ3v) is 13.8. The van der Waals surface area contributed by atoms with Gasteiger partial charge in [0.15, 0.2) is 0 Å². The van der Waals surface area contributed by atoms with E-state index in [1.165, 1.54) is 5.56 Å². The summed E-state index contributed by atoms with van der Waals surface area (Å²) in [5.41, 5.74) is 9.93. The summed E-state index contributed by atoms with van der Waals surface area (Å²) in [6.45, 7) is 5.88. The molecule has 0 fully saturated rings. The molecule has 0 N–H and O–H groups in total. The van der Waals surface area contributed by atoms with Crippen LogP contribution < -0.4 is 4.40 Å². The molecule has 0 saturated heterocycles. The number of rotatable bonds is 6. The standard InChI is InChI=1S/C31H19N2O.C19H26GeN.Ir/c1-2-10-21(11-3-1)22-12-8-13-23(20-22)33-28-18-6-5-17-27(28)32-31(33)26-16-9-15-25-24-14-4-7-19-29(24)34-30(25)26;1-19(2,3)13-16-12-18(15-10-8-7-9-11-15)21-14-17(16)20(4,5)6;/h1-15,17-20H;7-10,12,14H,13H2,1-6H3;/q2*-1;/i;13D2;. The van der Waals surface area contributed by atoms with Gasteiger partial charge in [-0.25, -0.2) is 0 Å². The molecule has 0 bridgehead atoms. The van der Waals surface area contributed by atoms with E-state index in [1.807, 2.05) is 93.7 Å². The van der Waals surface area contributed by atoms with Crippen molar-refractivity contribution in [1.82, 2.24) is 14.5 Å². The van der Waals surface area contributed by atoms with E-state index in [1.54, 1.807) is 0 Å². The number of benzene rings is 6. The predicted molar refractivity (Wildman–Crippen MR) is 233 cm³/mol. The van der Waals surface area contributed by atoms with E-state index in [0.717, 1.165) is 76.8 Å². The van der Waals surface area contributed by atoms with Gasteiger partial charge in [-0.2, -0.15) is 0 Å². The Hall–Kier alpha value is -5.07. The molecule has 9 rings (SSSR count). The van der Waals surface area contributed by atoms with Crippen LogP contribution >= 0.6 is 0 Å². The number of aromatic nitrogens is 3. The summed E-state index contributed by atoms with van der Waals surface area (Å²) in [6.07, 6.45) is 0.502. The Morgan fingerprint density at radius 3 is 2.23 bits per heavy atom. The summed E-state index contributed by atoms with van der Waals surface area (Å²) in [7, 11) is 0. The fourth-order valence-electron chi connectivity index (χ4n) is 7.03. The average molecular weight is 971 g/mol. The number of pyridine rings is 1. The van der Waals surface area contributed by atoms with Gasteiger partial charge in [0.1, 0.15) is 5.58 Å². The third kappa shape index (κ3) is 8.22. The molecule has 3 aromatic heterocycles. The van der Waals surface area contributed by atoms with E-state index in [0.29, 0.717) is 0 Å². The van der Waals surface area contributed by atoms with Gasteiger partial charge < -0.3 is 8.98 Å². The fraction of sp³-hybridized carbons (Fsp3) is 0.160. The summed E-state index contributed by atoms with van der Waals surface area (Å²) in [4.78, 5) is 9.67. The van der Waals surface area contributed by atoms with Gasteiger partial charge in [0.25, 0.3) is 0 Å². The van der Waals surface area contributed by atoms with Gasteiger partial charge in [0, 0.05) is 31.2 Å². The summed E-state index contributed by atoms with van der Waals surface area (Å²) >= 11 is -2.24. The van der Waals surface area contributed by atoms with Crippen molar-refractivity contribution in [3.05, 3.63) is 169 Å². The third-order valence-electron chi connectivity index (χ3n) is 9.54. The van der Waals surface area contributed by atoms with Crippen LogP contribution in [0.3, 0.4) is 0 Å². The minimum Gasteiger partial charge on any atom is -0.501 e. The van der Waals surface area contributed by atoms with Gasteiger partial charge in [0.2, 0.25) is 0 Å². The first-order valence-electron chi connectivity index (χ1n) is 19.7. The Balaban J connectivity index is 0.000000188. The van der Waals surface area contributed by atoms with E-state index in [2.05, 4.69) is 118 Å². The van der Waals surface area contributed by atoms with Gasteiger partial charge in [-0.05, 0) is 41.5 Å². The number of hydrogen-bond donors (Lipinski definition) is 0. The molecule has 0 spiro atoms. The topological polar surface area (TPSA) is 43.9 Å². The molecule has 0 amide bonds. The molecule has 0 aliphatic carbocycles. The summed E-state index contributed by atoms with van der Waals surface area (Å²) in [6, 6.07) is 55.7. The zero-order chi connectivity index (χ0) is 40.0. The maximum Gasteiger partial charge on any atom is 0.120 e. The molecule has 0 saturated carbocycles. The summed E-state index contributed by atoms with van der Waals surface area (Å²) in [5.74, 6) is 7.67. The summed E-state index contributed by atoms with van der Waals surface area (Å²) < 4.78 is 27.2. The van der Waals surface area contributed by atoms with Crippen LogP contribution in [0, 0.1) is 17.5 Å². The first-order chi connectivity index (χ1) is 27.3. The SMILES string of the molecule is [2H]C([2H])(c1cc(-c2[c-]cccc2)nc[c]1[Ge]([CH3])([CH3])[CH3])C(C)(C)C.[Ir].[c-]1ccc2c(oc3ccccc32)c1-c1nc2ccccc2n1-c1cccc(-c2ccccc2)c1. The van der Waals surface area contributed by atoms with Crippen molar-refractivity contribution in [2.75, 3.05) is 0 Å². The van der Waals surface area contributed by atoms with Crippen molar-refractivity contribution >= 4 is 50.6 Å². The normalized spacial score (nSPS) is 12.5. The quantitative estimate of drug-likeness (QED) is 0.123. The van der Waals surface area contributed by atoms with Gasteiger partial charge in [0.05, 0.1) is 22.4 Å². The molecule has 6 heteroatoms. The second-order valence-corrected chi connectivity index (χ2v) is 26.5. The number of para-hydroxylation sites is 3. The Morgan fingerprint density at radius 2 is 1.46 bits per heavy atom. The molecule has 4 nitrogen and oxygen atoms in total. The molecule has 3 heterocycles. The van der Waals surface area contributed by atoms with Gasteiger partial charge in [-0.1, -0.05) is 83.7 Å². The molecule has 281 valence electrons. The maximum absolute atomic E-state index is 8.76. The van der Waals surface area contributed by atoms with E-state index in [9.17, 15) is 0 Å². The molecule has 56 heavy (non-hydrogen) atoms. The number of nitrogens with zero attached hydrogens (tertiary/aromatic N) is 3. The number of hydrogen-bond acceptors (Lipinski definition) is 3. The van der Waals surface area contributed by atoms with Crippen LogP contribution in [0.4, 0.5) is 0 Å². The Labute approximate surface area is 349 Å². The first-order valence-corrected chi connectivity index (χ1v) is 26.1. The van der Waals surface area contributed by atoms with Crippen molar-refractivity contribution in [1.29, 1.82) is 0 Å². The van der Waals surface area contributed by atoms with Crippen molar-refractivity contribution in [3.63, 3.8) is 0 Å². The van der Waals surface area contributed by atoms with E-state index < -0.39 is 25.1 Å². The van der Waals surface area contributed by atoms with Gasteiger partial charge >= 0.3 is 135 Å². The van der Waals surface area contributed by atoms with Crippen LogP contribution in [-0.4, -0.2) is 27.8 Å². The van der Waals surface area contributed by atoms with Gasteiger partial charge in [-0.3, -0.25) is 4.98 Å². The van der Waals surface area contributed by atoms with Gasteiger partial charge in [-0.15, -0.1) is 18.2 Å². The smallest absolute Gasteiger partial charge is 0.120 e. The molecule has 6 aromatic carbocycles. The van der Waals surface area contributed by atoms with Crippen LogP contribution in [-0.2, 0) is 26.5 Å². The van der Waals surface area contributed by atoms with Crippen molar-refractivity contribution < 1.29 is 27.3 Å². The Bertz CT molecular complexity index is 2860. The molecular weight excluding hydrogens is 923 g/mol. The van der Waals surface area contributed by atoms with E-state index in [4.69, 9.17) is 12.1 Å². The number of imidazole rings is 1. The van der Waals surface area contributed by atoms with Crippen LogP contribution in [0.2, 0.25) is 17.3 Å². The zero-order valence-electron chi connectivity index (χ0n) is 34.5. The summed E-state index contributed by atoms with van der Waals surface area (Å²) in [5, 5.41) is 2.17. The zero-order valence-corrected chi connectivity index (χ0v) is 37.0. The second-order valence-electron chi connectivity index (χ2n) is 15.9. The van der Waals surface area contributed by atoms with Crippen LogP contribution in [0.15, 0.2) is 156 Å². The Kier molecular flexibility index (Phi) is 10.6. The molecule has 9 aromatic rings. The monoisotopic (exact) mass is 972 g/mol. The minimum absolute atomic E-state index is 0. The van der Waals surface area contributed by atoms with Crippen molar-refractivity contribution in [2.45, 2.75) is 44.4 Å². The van der Waals surface area contributed by atoms with E-state index in [-0.39, 0.29) is 20.1 Å². The van der Waals surface area contributed by atoms with Crippen LogP contribution in [0.1, 0.15) is 29.1 Å². The maximum atomic E-state index is 8.76. The first kappa shape index (κ1) is 36.6. The molecule has 1 radical (unpaired) electrons. The largest absolute Gasteiger partial charge is 0.501 e. The van der Waals surface area contributed by atoms with Crippen molar-refractivity contribution in [2.24, 2.45) is 5.41 Å². The predicted octanol–water partition coefficient (Wildman–Crippen LogP) is 12.7. The number of furan rings is 1. The van der Waals surface area contributed by atoms with Crippen molar-refractivity contribution in [3.8, 4) is 39.5 Å². The fourth-order valence-corrected chi connectivity index (χ4v) is 9.95. The average Bonchev–Trinajstić information content (AvgIpc) is 3.80. The Morgan fingerprint density at radius 1 is 0.732 bits per heavy atom. The second kappa shape index (κ2) is 16.2. The molecule has 0 unspecified atom stereocenters. The van der Waals surface area contributed by atoms with Crippen LogP contribution in [0.5, 0.6) is 0 Å². The molecular formula is C50H45GeIrN3O-2.